The van der Waals surface area contributed by atoms with Crippen molar-refractivity contribution in [3.63, 3.8) is 0 Å². The molecule has 114 valence electrons. The highest BCUT2D eigenvalue weighted by molar-refractivity contribution is 6.01. The summed E-state index contributed by atoms with van der Waals surface area (Å²) in [5.74, 6) is -0.162. The molecule has 1 unspecified atom stereocenters. The van der Waals surface area contributed by atoms with Gasteiger partial charge in [0.1, 0.15) is 5.56 Å². The summed E-state index contributed by atoms with van der Waals surface area (Å²) in [5.41, 5.74) is 3.60. The van der Waals surface area contributed by atoms with Crippen LogP contribution in [0, 0.1) is 20.8 Å². The van der Waals surface area contributed by atoms with Crippen molar-refractivity contribution >= 4 is 11.6 Å². The topological polar surface area (TPSA) is 79.5 Å². The van der Waals surface area contributed by atoms with Crippen LogP contribution in [0.4, 0.5) is 0 Å². The number of aliphatic hydroxyl groups excluding tert-OH is 1. The molecule has 1 atom stereocenters. The average molecular weight is 290 g/mol. The molecule has 6 heteroatoms. The molecule has 2 N–H and O–H groups in total. The quantitative estimate of drug-likeness (QED) is 0.875. The van der Waals surface area contributed by atoms with Crippen molar-refractivity contribution in [1.29, 1.82) is 0 Å². The Morgan fingerprint density at radius 2 is 2.14 bits per heavy atom. The SMILES string of the molecule is Cc1cc(C)n2nc(C)c(C(=O)NC(C)CCCO)c2n1. The van der Waals surface area contributed by atoms with Crippen molar-refractivity contribution in [3.05, 3.63) is 28.7 Å². The van der Waals surface area contributed by atoms with Crippen LogP contribution < -0.4 is 5.32 Å². The van der Waals surface area contributed by atoms with Crippen LogP contribution in [-0.4, -0.2) is 38.3 Å². The number of nitrogens with one attached hydrogen (secondary N) is 1. The van der Waals surface area contributed by atoms with Gasteiger partial charge in [-0.25, -0.2) is 9.50 Å². The van der Waals surface area contributed by atoms with Crippen molar-refractivity contribution in [2.24, 2.45) is 0 Å². The third kappa shape index (κ3) is 3.21. The van der Waals surface area contributed by atoms with Gasteiger partial charge in [-0.1, -0.05) is 0 Å². The van der Waals surface area contributed by atoms with Gasteiger partial charge < -0.3 is 10.4 Å². The maximum absolute atomic E-state index is 12.5. The number of carbonyl (C=O) groups excluding carboxylic acids is 1. The maximum atomic E-state index is 12.5. The van der Waals surface area contributed by atoms with Crippen LogP contribution in [0.1, 0.15) is 47.2 Å². The number of rotatable bonds is 5. The van der Waals surface area contributed by atoms with Gasteiger partial charge in [-0.15, -0.1) is 0 Å². The van der Waals surface area contributed by atoms with Gasteiger partial charge in [0.25, 0.3) is 5.91 Å². The maximum Gasteiger partial charge on any atom is 0.257 e. The van der Waals surface area contributed by atoms with Crippen LogP contribution >= 0.6 is 0 Å². The van der Waals surface area contributed by atoms with Gasteiger partial charge in [0, 0.05) is 24.0 Å². The molecule has 0 spiro atoms. The first kappa shape index (κ1) is 15.4. The second-order valence-electron chi connectivity index (χ2n) is 5.48. The minimum Gasteiger partial charge on any atom is -0.396 e. The lowest BCUT2D eigenvalue weighted by Gasteiger charge is -2.12. The van der Waals surface area contributed by atoms with Gasteiger partial charge in [-0.3, -0.25) is 4.79 Å². The summed E-state index contributed by atoms with van der Waals surface area (Å²) in [6.45, 7) is 7.73. The molecule has 0 aliphatic carbocycles. The van der Waals surface area contributed by atoms with Crippen LogP contribution in [-0.2, 0) is 0 Å². The molecule has 0 saturated heterocycles. The standard InChI is InChI=1S/C15H22N4O2/c1-9(6-5-7-20)17-15(21)13-12(4)18-19-11(3)8-10(2)16-14(13)19/h8-9,20H,5-7H2,1-4H3,(H,17,21). The third-order valence-electron chi connectivity index (χ3n) is 3.47. The minimum absolute atomic E-state index is 0.00454. The van der Waals surface area contributed by atoms with Crippen LogP contribution in [0.2, 0.25) is 0 Å². The van der Waals surface area contributed by atoms with Gasteiger partial charge in [0.05, 0.1) is 5.69 Å². The fraction of sp³-hybridized carbons (Fsp3) is 0.533. The summed E-state index contributed by atoms with van der Waals surface area (Å²) in [7, 11) is 0. The molecule has 0 aromatic carbocycles. The predicted molar refractivity (Wildman–Crippen MR) is 80.4 cm³/mol. The summed E-state index contributed by atoms with van der Waals surface area (Å²) < 4.78 is 1.70. The fourth-order valence-electron chi connectivity index (χ4n) is 2.46. The predicted octanol–water partition coefficient (Wildman–Crippen LogP) is 1.55. The number of aromatic nitrogens is 3. The molecule has 0 aliphatic heterocycles. The largest absolute Gasteiger partial charge is 0.396 e. The molecule has 2 aromatic heterocycles. The smallest absolute Gasteiger partial charge is 0.257 e. The summed E-state index contributed by atoms with van der Waals surface area (Å²) in [5, 5.41) is 16.2. The number of fused-ring (bicyclic) bond motifs is 1. The number of hydrogen-bond acceptors (Lipinski definition) is 4. The van der Waals surface area contributed by atoms with Crippen molar-refractivity contribution in [1.82, 2.24) is 19.9 Å². The zero-order chi connectivity index (χ0) is 15.6. The molecule has 2 aromatic rings. The number of hydrogen-bond donors (Lipinski definition) is 2. The second kappa shape index (κ2) is 6.22. The van der Waals surface area contributed by atoms with E-state index in [1.807, 2.05) is 33.8 Å². The Morgan fingerprint density at radius 3 is 2.81 bits per heavy atom. The molecule has 21 heavy (non-hydrogen) atoms. The van der Waals surface area contributed by atoms with Crippen molar-refractivity contribution in [3.8, 4) is 0 Å². The monoisotopic (exact) mass is 290 g/mol. The molecule has 2 heterocycles. The minimum atomic E-state index is -0.162. The molecule has 0 saturated carbocycles. The van der Waals surface area contributed by atoms with Gasteiger partial charge >= 0.3 is 0 Å². The molecule has 2 rings (SSSR count). The lowest BCUT2D eigenvalue weighted by Crippen LogP contribution is -2.33. The molecule has 6 nitrogen and oxygen atoms in total. The summed E-state index contributed by atoms with van der Waals surface area (Å²) in [6.07, 6.45) is 1.41. The van der Waals surface area contributed by atoms with Gasteiger partial charge in [-0.2, -0.15) is 5.10 Å². The lowest BCUT2D eigenvalue weighted by molar-refractivity contribution is 0.0937. The first-order valence-electron chi connectivity index (χ1n) is 7.19. The van der Waals surface area contributed by atoms with E-state index in [4.69, 9.17) is 5.11 Å². The molecule has 0 aliphatic rings. The van der Waals surface area contributed by atoms with E-state index in [1.54, 1.807) is 4.52 Å². The highest BCUT2D eigenvalue weighted by Gasteiger charge is 2.20. The molecule has 1 amide bonds. The van der Waals surface area contributed by atoms with Gasteiger partial charge in [0.2, 0.25) is 0 Å². The van der Waals surface area contributed by atoms with E-state index < -0.39 is 0 Å². The van der Waals surface area contributed by atoms with Crippen molar-refractivity contribution in [2.45, 2.75) is 46.6 Å². The zero-order valence-electron chi connectivity index (χ0n) is 13.0. The van der Waals surface area contributed by atoms with Gasteiger partial charge in [-0.05, 0) is 46.6 Å². The Morgan fingerprint density at radius 1 is 1.43 bits per heavy atom. The van der Waals surface area contributed by atoms with Crippen molar-refractivity contribution in [2.75, 3.05) is 6.61 Å². The van der Waals surface area contributed by atoms with E-state index in [9.17, 15) is 4.79 Å². The number of aliphatic hydroxyl groups is 1. The van der Waals surface area contributed by atoms with Gasteiger partial charge in [0.15, 0.2) is 5.65 Å². The summed E-state index contributed by atoms with van der Waals surface area (Å²) in [6, 6.07) is 1.94. The van der Waals surface area contributed by atoms with E-state index in [0.29, 0.717) is 23.3 Å². The molecular weight excluding hydrogens is 268 g/mol. The fourth-order valence-corrected chi connectivity index (χ4v) is 2.46. The number of carbonyl (C=O) groups is 1. The molecule has 0 fully saturated rings. The van der Waals surface area contributed by atoms with Crippen LogP contribution in [0.15, 0.2) is 6.07 Å². The van der Waals surface area contributed by atoms with E-state index in [2.05, 4.69) is 15.4 Å². The average Bonchev–Trinajstić information content (AvgIpc) is 2.73. The van der Waals surface area contributed by atoms with E-state index >= 15 is 0 Å². The third-order valence-corrected chi connectivity index (χ3v) is 3.47. The number of amides is 1. The number of nitrogens with zero attached hydrogens (tertiary/aromatic N) is 3. The van der Waals surface area contributed by atoms with E-state index in [1.165, 1.54) is 0 Å². The molecular formula is C15H22N4O2. The highest BCUT2D eigenvalue weighted by Crippen LogP contribution is 2.16. The summed E-state index contributed by atoms with van der Waals surface area (Å²) in [4.78, 5) is 16.9. The molecule has 0 radical (unpaired) electrons. The van der Waals surface area contributed by atoms with E-state index in [-0.39, 0.29) is 18.6 Å². The highest BCUT2D eigenvalue weighted by atomic mass is 16.3. The zero-order valence-corrected chi connectivity index (χ0v) is 13.0. The Kier molecular flexibility index (Phi) is 4.57. The first-order valence-corrected chi connectivity index (χ1v) is 7.19. The second-order valence-corrected chi connectivity index (χ2v) is 5.48. The van der Waals surface area contributed by atoms with Crippen molar-refractivity contribution < 1.29 is 9.90 Å². The Hall–Kier alpha value is -1.95. The Bertz CT molecular complexity index is 663. The summed E-state index contributed by atoms with van der Waals surface area (Å²) >= 11 is 0. The van der Waals surface area contributed by atoms with E-state index in [0.717, 1.165) is 17.8 Å². The van der Waals surface area contributed by atoms with Crippen LogP contribution in [0.5, 0.6) is 0 Å². The number of aryl methyl sites for hydroxylation is 3. The Labute approximate surface area is 124 Å². The molecule has 0 bridgehead atoms. The Balaban J connectivity index is 2.33. The van der Waals surface area contributed by atoms with Crippen LogP contribution in [0.25, 0.3) is 5.65 Å². The lowest BCUT2D eigenvalue weighted by atomic mass is 10.1. The normalized spacial score (nSPS) is 12.6. The van der Waals surface area contributed by atoms with Crippen LogP contribution in [0.3, 0.4) is 0 Å². The first-order chi connectivity index (χ1) is 9.93.